The Balaban J connectivity index is 1.62. The van der Waals surface area contributed by atoms with E-state index < -0.39 is 6.10 Å². The standard InChI is InChI=1S/C21H34N4O3/c1-21(2)14-28-7-3-4-18-13-25(12-16-9-22-15-23-10-16)6-5-17(18)8-20(27)24-11-19(21)26/h9-10,15,17-19,26H,3-8,11-14H2,1-2H3,(H,24,27)/t17-,18-,19-/m0/s1. The number of hydrogen-bond donors (Lipinski definition) is 2. The molecule has 2 aliphatic rings. The first-order valence-corrected chi connectivity index (χ1v) is 10.4. The van der Waals surface area contributed by atoms with Gasteiger partial charge in [0.15, 0.2) is 0 Å². The molecule has 2 aliphatic heterocycles. The van der Waals surface area contributed by atoms with Crippen molar-refractivity contribution in [2.45, 2.75) is 52.2 Å². The zero-order valence-electron chi connectivity index (χ0n) is 17.1. The van der Waals surface area contributed by atoms with Crippen molar-refractivity contribution in [2.24, 2.45) is 17.3 Å². The maximum atomic E-state index is 12.5. The third-order valence-corrected chi connectivity index (χ3v) is 6.18. The van der Waals surface area contributed by atoms with E-state index in [9.17, 15) is 9.90 Å². The van der Waals surface area contributed by atoms with Crippen LogP contribution in [0, 0.1) is 17.3 Å². The highest BCUT2D eigenvalue weighted by Crippen LogP contribution is 2.31. The molecule has 2 fully saturated rings. The van der Waals surface area contributed by atoms with Crippen LogP contribution in [0.2, 0.25) is 0 Å². The highest BCUT2D eigenvalue weighted by Gasteiger charge is 2.32. The third-order valence-electron chi connectivity index (χ3n) is 6.18. The molecule has 3 rings (SSSR count). The average Bonchev–Trinajstić information content (AvgIpc) is 2.68. The Labute approximate surface area is 167 Å². The molecule has 3 atom stereocenters. The van der Waals surface area contributed by atoms with Gasteiger partial charge in [-0.3, -0.25) is 9.69 Å². The van der Waals surface area contributed by atoms with Gasteiger partial charge in [-0.25, -0.2) is 9.97 Å². The summed E-state index contributed by atoms with van der Waals surface area (Å²) in [4.78, 5) is 23.2. The van der Waals surface area contributed by atoms with Crippen LogP contribution in [0.4, 0.5) is 0 Å². The van der Waals surface area contributed by atoms with Gasteiger partial charge in [0.25, 0.3) is 0 Å². The van der Waals surface area contributed by atoms with Crippen molar-refractivity contribution in [1.29, 1.82) is 0 Å². The average molecular weight is 391 g/mol. The van der Waals surface area contributed by atoms with Crippen LogP contribution in [0.3, 0.4) is 0 Å². The smallest absolute Gasteiger partial charge is 0.220 e. The first kappa shape index (κ1) is 21.1. The highest BCUT2D eigenvalue weighted by molar-refractivity contribution is 5.76. The van der Waals surface area contributed by atoms with E-state index in [1.165, 1.54) is 0 Å². The number of carbonyl (C=O) groups is 1. The molecule has 28 heavy (non-hydrogen) atoms. The minimum Gasteiger partial charge on any atom is -0.391 e. The van der Waals surface area contributed by atoms with E-state index in [-0.39, 0.29) is 17.9 Å². The fraction of sp³-hybridized carbons (Fsp3) is 0.762. The number of nitrogens with zero attached hydrogens (tertiary/aromatic N) is 3. The van der Waals surface area contributed by atoms with Crippen LogP contribution in [0.5, 0.6) is 0 Å². The monoisotopic (exact) mass is 390 g/mol. The molecular weight excluding hydrogens is 356 g/mol. The van der Waals surface area contributed by atoms with Crippen LogP contribution in [-0.4, -0.2) is 64.8 Å². The van der Waals surface area contributed by atoms with Crippen LogP contribution in [0.25, 0.3) is 0 Å². The quantitative estimate of drug-likeness (QED) is 0.798. The first-order chi connectivity index (χ1) is 13.4. The van der Waals surface area contributed by atoms with Gasteiger partial charge in [0.1, 0.15) is 6.33 Å². The number of carbonyl (C=O) groups excluding carboxylic acids is 1. The molecule has 0 saturated carbocycles. The van der Waals surface area contributed by atoms with E-state index in [2.05, 4.69) is 20.2 Å². The SMILES string of the molecule is CC1(C)COCCC[C@H]2CN(Cc3cncnc3)CC[C@H]2CC(=O)NC[C@@H]1O. The van der Waals surface area contributed by atoms with Crippen LogP contribution in [0.15, 0.2) is 18.7 Å². The molecule has 0 radical (unpaired) electrons. The fourth-order valence-corrected chi connectivity index (χ4v) is 4.24. The summed E-state index contributed by atoms with van der Waals surface area (Å²) >= 11 is 0. The van der Waals surface area contributed by atoms with E-state index in [0.29, 0.717) is 31.5 Å². The molecule has 0 spiro atoms. The van der Waals surface area contributed by atoms with Crippen molar-refractivity contribution < 1.29 is 14.6 Å². The van der Waals surface area contributed by atoms with Gasteiger partial charge in [0.2, 0.25) is 5.91 Å². The van der Waals surface area contributed by atoms with Crippen LogP contribution >= 0.6 is 0 Å². The lowest BCUT2D eigenvalue weighted by molar-refractivity contribution is -0.124. The molecule has 1 amide bonds. The number of β-amino-alcohol motifs (C(OH)–C–C–N with tert-alkyl or cyclic N) is 1. The maximum Gasteiger partial charge on any atom is 0.220 e. The number of likely N-dealkylation sites (tertiary alicyclic amines) is 1. The van der Waals surface area contributed by atoms with Crippen LogP contribution in [-0.2, 0) is 16.1 Å². The molecular formula is C21H34N4O3. The summed E-state index contributed by atoms with van der Waals surface area (Å²) in [5.41, 5.74) is 0.755. The predicted molar refractivity (Wildman–Crippen MR) is 106 cm³/mol. The second-order valence-electron chi connectivity index (χ2n) is 9.00. The maximum absolute atomic E-state index is 12.5. The topological polar surface area (TPSA) is 87.6 Å². The second-order valence-corrected chi connectivity index (χ2v) is 9.00. The van der Waals surface area contributed by atoms with Gasteiger partial charge in [-0.1, -0.05) is 13.8 Å². The number of hydrogen-bond acceptors (Lipinski definition) is 6. The summed E-state index contributed by atoms with van der Waals surface area (Å²) in [5.74, 6) is 0.913. The van der Waals surface area contributed by atoms with Crippen molar-refractivity contribution in [1.82, 2.24) is 20.2 Å². The van der Waals surface area contributed by atoms with Crippen LogP contribution < -0.4 is 5.32 Å². The number of nitrogens with one attached hydrogen (secondary N) is 1. The number of aliphatic hydroxyl groups is 1. The Morgan fingerprint density at radius 2 is 2.07 bits per heavy atom. The number of ether oxygens (including phenoxy) is 1. The normalized spacial score (nSPS) is 30.2. The Morgan fingerprint density at radius 3 is 2.86 bits per heavy atom. The van der Waals surface area contributed by atoms with E-state index in [0.717, 1.165) is 44.5 Å². The van der Waals surface area contributed by atoms with E-state index in [1.54, 1.807) is 6.33 Å². The number of amides is 1. The van der Waals surface area contributed by atoms with Gasteiger partial charge < -0.3 is 15.2 Å². The van der Waals surface area contributed by atoms with Crippen molar-refractivity contribution >= 4 is 5.91 Å². The lowest BCUT2D eigenvalue weighted by Gasteiger charge is -2.38. The lowest BCUT2D eigenvalue weighted by Crippen LogP contribution is -2.44. The second kappa shape index (κ2) is 9.76. The molecule has 2 N–H and O–H groups in total. The third kappa shape index (κ3) is 5.96. The van der Waals surface area contributed by atoms with Gasteiger partial charge in [0.05, 0.1) is 12.7 Å². The lowest BCUT2D eigenvalue weighted by atomic mass is 9.80. The molecule has 0 aromatic carbocycles. The number of rotatable bonds is 2. The summed E-state index contributed by atoms with van der Waals surface area (Å²) < 4.78 is 5.86. The van der Waals surface area contributed by atoms with Gasteiger partial charge in [-0.2, -0.15) is 0 Å². The summed E-state index contributed by atoms with van der Waals surface area (Å²) in [7, 11) is 0. The Kier molecular flexibility index (Phi) is 7.37. The molecule has 1 aromatic heterocycles. The van der Waals surface area contributed by atoms with Crippen molar-refractivity contribution in [2.75, 3.05) is 32.8 Å². The minimum atomic E-state index is -0.608. The Bertz CT molecular complexity index is 625. The van der Waals surface area contributed by atoms with Crippen molar-refractivity contribution in [3.63, 3.8) is 0 Å². The minimum absolute atomic E-state index is 0.0509. The van der Waals surface area contributed by atoms with Gasteiger partial charge in [-0.15, -0.1) is 0 Å². The number of piperidine rings is 1. The molecule has 7 heteroatoms. The fourth-order valence-electron chi connectivity index (χ4n) is 4.24. The molecule has 156 valence electrons. The molecule has 2 saturated heterocycles. The molecule has 0 bridgehead atoms. The largest absolute Gasteiger partial charge is 0.391 e. The molecule has 1 aromatic rings. The van der Waals surface area contributed by atoms with Crippen molar-refractivity contribution in [3.8, 4) is 0 Å². The van der Waals surface area contributed by atoms with Gasteiger partial charge >= 0.3 is 0 Å². The number of fused-ring (bicyclic) bond motifs is 1. The number of aromatic nitrogens is 2. The van der Waals surface area contributed by atoms with Gasteiger partial charge in [0, 0.05) is 56.0 Å². The molecule has 0 unspecified atom stereocenters. The Hall–Kier alpha value is -1.57. The zero-order valence-corrected chi connectivity index (χ0v) is 17.1. The van der Waals surface area contributed by atoms with Crippen molar-refractivity contribution in [3.05, 3.63) is 24.3 Å². The molecule has 3 heterocycles. The summed E-state index contributed by atoms with van der Waals surface area (Å²) in [6.07, 6.45) is 8.29. The first-order valence-electron chi connectivity index (χ1n) is 10.4. The summed E-state index contributed by atoms with van der Waals surface area (Å²) in [6.45, 7) is 8.27. The van der Waals surface area contributed by atoms with Crippen LogP contribution in [0.1, 0.15) is 45.1 Å². The highest BCUT2D eigenvalue weighted by atomic mass is 16.5. The van der Waals surface area contributed by atoms with E-state index in [1.807, 2.05) is 26.2 Å². The summed E-state index contributed by atoms with van der Waals surface area (Å²) in [6, 6.07) is 0. The van der Waals surface area contributed by atoms with E-state index >= 15 is 0 Å². The Morgan fingerprint density at radius 1 is 1.29 bits per heavy atom. The predicted octanol–water partition coefficient (Wildman–Crippen LogP) is 1.62. The summed E-state index contributed by atoms with van der Waals surface area (Å²) in [5, 5.41) is 13.3. The molecule has 7 nitrogen and oxygen atoms in total. The van der Waals surface area contributed by atoms with Gasteiger partial charge in [-0.05, 0) is 37.6 Å². The van der Waals surface area contributed by atoms with E-state index in [4.69, 9.17) is 4.74 Å². The molecule has 0 aliphatic carbocycles. The zero-order chi connectivity index (χ0) is 20.0. The number of aliphatic hydroxyl groups excluding tert-OH is 1.